The number of anilines is 2. The van der Waals surface area contributed by atoms with Crippen LogP contribution in [0.15, 0.2) is 47.6 Å². The van der Waals surface area contributed by atoms with Crippen LogP contribution in [0.5, 0.6) is 5.75 Å². The van der Waals surface area contributed by atoms with E-state index in [2.05, 4.69) is 0 Å². The lowest BCUT2D eigenvalue weighted by Gasteiger charge is -2.22. The molecule has 1 unspecified atom stereocenters. The third-order valence-electron chi connectivity index (χ3n) is 3.85. The topological polar surface area (TPSA) is 50.9 Å². The van der Waals surface area contributed by atoms with Crippen molar-refractivity contribution in [3.63, 3.8) is 0 Å². The fourth-order valence-corrected chi connectivity index (χ4v) is 2.92. The molecular formula is C16H14ClN3O. The molecule has 4 rings (SSSR count). The summed E-state index contributed by atoms with van der Waals surface area (Å²) in [6.45, 7) is 1.46. The van der Waals surface area contributed by atoms with Crippen molar-refractivity contribution in [1.82, 2.24) is 0 Å². The Balaban J connectivity index is 1.72. The predicted molar refractivity (Wildman–Crippen MR) is 85.2 cm³/mol. The Morgan fingerprint density at radius 2 is 2.00 bits per heavy atom. The minimum Gasteiger partial charge on any atom is -0.492 e. The van der Waals surface area contributed by atoms with Crippen LogP contribution in [0.25, 0.3) is 0 Å². The van der Waals surface area contributed by atoms with E-state index in [9.17, 15) is 0 Å². The molecule has 1 atom stereocenters. The van der Waals surface area contributed by atoms with Crippen molar-refractivity contribution in [3.05, 3.63) is 53.1 Å². The minimum atomic E-state index is 0.289. The van der Waals surface area contributed by atoms with Gasteiger partial charge in [-0.2, -0.15) is 5.10 Å². The Labute approximate surface area is 127 Å². The van der Waals surface area contributed by atoms with Gasteiger partial charge in [0.1, 0.15) is 5.75 Å². The number of hydrogen-bond donors (Lipinski definition) is 1. The van der Waals surface area contributed by atoms with Gasteiger partial charge in [0.25, 0.3) is 0 Å². The fraction of sp³-hybridized carbons (Fsp3) is 0.188. The summed E-state index contributed by atoms with van der Waals surface area (Å²) in [5, 5.41) is 7.50. The highest BCUT2D eigenvalue weighted by molar-refractivity contribution is 6.30. The Morgan fingerprint density at radius 3 is 2.81 bits per heavy atom. The monoisotopic (exact) mass is 299 g/mol. The van der Waals surface area contributed by atoms with Gasteiger partial charge in [-0.3, -0.25) is 5.01 Å². The number of nitrogen functional groups attached to an aromatic ring is 1. The predicted octanol–water partition coefficient (Wildman–Crippen LogP) is 3.16. The number of nitrogens with zero attached hydrogens (tertiary/aromatic N) is 2. The third kappa shape index (κ3) is 2.12. The minimum absolute atomic E-state index is 0.289. The highest BCUT2D eigenvalue weighted by atomic mass is 35.5. The summed E-state index contributed by atoms with van der Waals surface area (Å²) in [4.78, 5) is 0. The first-order chi connectivity index (χ1) is 10.2. The first-order valence-corrected chi connectivity index (χ1v) is 7.23. The molecule has 21 heavy (non-hydrogen) atoms. The molecule has 2 aromatic rings. The van der Waals surface area contributed by atoms with Crippen molar-refractivity contribution < 1.29 is 4.74 Å². The molecule has 5 heteroatoms. The van der Waals surface area contributed by atoms with Crippen LogP contribution in [0.3, 0.4) is 0 Å². The van der Waals surface area contributed by atoms with Crippen LogP contribution in [0.4, 0.5) is 11.4 Å². The third-order valence-corrected chi connectivity index (χ3v) is 4.11. The zero-order valence-electron chi connectivity index (χ0n) is 11.3. The van der Waals surface area contributed by atoms with Gasteiger partial charge in [-0.05, 0) is 36.4 Å². The summed E-state index contributed by atoms with van der Waals surface area (Å²) in [6, 6.07) is 13.5. The standard InChI is InChI=1S/C16H14ClN3O/c17-11-1-4-13(5-2-11)20-8-10-9-21-15-7-12(18)3-6-14(15)16(10)19-20/h1-7,10H,8-9,18H2. The van der Waals surface area contributed by atoms with Gasteiger partial charge in [0.2, 0.25) is 0 Å². The van der Waals surface area contributed by atoms with E-state index in [-0.39, 0.29) is 5.92 Å². The van der Waals surface area contributed by atoms with Crippen LogP contribution in [-0.4, -0.2) is 18.9 Å². The highest BCUT2D eigenvalue weighted by Crippen LogP contribution is 2.34. The molecule has 0 aromatic heterocycles. The van der Waals surface area contributed by atoms with Crippen molar-refractivity contribution in [2.75, 3.05) is 23.9 Å². The van der Waals surface area contributed by atoms with E-state index >= 15 is 0 Å². The summed E-state index contributed by atoms with van der Waals surface area (Å²) >= 11 is 5.94. The number of hydrazone groups is 1. The van der Waals surface area contributed by atoms with Gasteiger partial charge in [0.05, 0.1) is 30.5 Å². The molecule has 0 amide bonds. The van der Waals surface area contributed by atoms with Crippen LogP contribution in [0.1, 0.15) is 5.56 Å². The molecule has 2 aromatic carbocycles. The molecule has 0 saturated carbocycles. The van der Waals surface area contributed by atoms with E-state index in [1.54, 1.807) is 0 Å². The van der Waals surface area contributed by atoms with Gasteiger partial charge in [-0.15, -0.1) is 0 Å². The number of fused-ring (bicyclic) bond motifs is 3. The molecule has 2 aliphatic rings. The summed E-state index contributed by atoms with van der Waals surface area (Å²) in [5.74, 6) is 1.11. The van der Waals surface area contributed by atoms with Crippen LogP contribution < -0.4 is 15.5 Å². The highest BCUT2D eigenvalue weighted by Gasteiger charge is 2.34. The molecule has 2 aliphatic heterocycles. The maximum Gasteiger partial charge on any atom is 0.130 e. The van der Waals surface area contributed by atoms with Gasteiger partial charge < -0.3 is 10.5 Å². The number of nitrogens with two attached hydrogens (primary N) is 1. The smallest absolute Gasteiger partial charge is 0.130 e. The Hall–Kier alpha value is -2.20. The first kappa shape index (κ1) is 12.5. The Morgan fingerprint density at radius 1 is 1.19 bits per heavy atom. The number of ether oxygens (including phenoxy) is 1. The van der Waals surface area contributed by atoms with Gasteiger partial charge >= 0.3 is 0 Å². The molecule has 2 N–H and O–H groups in total. The molecule has 0 aliphatic carbocycles. The Kier molecular flexibility index (Phi) is 2.79. The second kappa shape index (κ2) is 4.67. The van der Waals surface area contributed by atoms with Crippen molar-refractivity contribution in [2.24, 2.45) is 11.0 Å². The molecule has 0 bridgehead atoms. The quantitative estimate of drug-likeness (QED) is 0.823. The van der Waals surface area contributed by atoms with Crippen LogP contribution in [0, 0.1) is 5.92 Å². The lowest BCUT2D eigenvalue weighted by molar-refractivity contribution is 0.280. The lowest BCUT2D eigenvalue weighted by atomic mass is 9.95. The molecular weight excluding hydrogens is 286 g/mol. The van der Waals surface area contributed by atoms with Gasteiger partial charge in [0.15, 0.2) is 0 Å². The van der Waals surface area contributed by atoms with E-state index in [1.807, 2.05) is 47.5 Å². The summed E-state index contributed by atoms with van der Waals surface area (Å²) in [6.07, 6.45) is 0. The first-order valence-electron chi connectivity index (χ1n) is 6.85. The molecule has 2 heterocycles. The van der Waals surface area contributed by atoms with Crippen molar-refractivity contribution >= 4 is 28.7 Å². The van der Waals surface area contributed by atoms with E-state index in [0.717, 1.165) is 34.3 Å². The molecule has 0 fully saturated rings. The Bertz CT molecular complexity index is 727. The van der Waals surface area contributed by atoms with Crippen LogP contribution in [-0.2, 0) is 0 Å². The summed E-state index contributed by atoms with van der Waals surface area (Å²) in [5.41, 5.74) is 9.67. The average molecular weight is 300 g/mol. The van der Waals surface area contributed by atoms with Crippen molar-refractivity contribution in [1.29, 1.82) is 0 Å². The number of benzene rings is 2. The summed E-state index contributed by atoms with van der Waals surface area (Å²) in [7, 11) is 0. The number of hydrogen-bond acceptors (Lipinski definition) is 4. The van der Waals surface area contributed by atoms with E-state index in [4.69, 9.17) is 27.2 Å². The van der Waals surface area contributed by atoms with Crippen molar-refractivity contribution in [3.8, 4) is 5.75 Å². The zero-order valence-corrected chi connectivity index (χ0v) is 12.0. The largest absolute Gasteiger partial charge is 0.492 e. The van der Waals surface area contributed by atoms with Crippen molar-refractivity contribution in [2.45, 2.75) is 0 Å². The molecule has 106 valence electrons. The zero-order chi connectivity index (χ0) is 14.4. The molecule has 0 radical (unpaired) electrons. The van der Waals surface area contributed by atoms with E-state index < -0.39 is 0 Å². The average Bonchev–Trinajstić information content (AvgIpc) is 2.92. The molecule has 0 saturated heterocycles. The van der Waals surface area contributed by atoms with E-state index in [1.165, 1.54) is 0 Å². The second-order valence-corrected chi connectivity index (χ2v) is 5.74. The lowest BCUT2D eigenvalue weighted by Crippen LogP contribution is -2.29. The molecule has 4 nitrogen and oxygen atoms in total. The van der Waals surface area contributed by atoms with Crippen LogP contribution in [0.2, 0.25) is 5.02 Å². The SMILES string of the molecule is Nc1ccc2c(c1)OCC1CN(c3ccc(Cl)cc3)N=C21. The fourth-order valence-electron chi connectivity index (χ4n) is 2.79. The number of rotatable bonds is 1. The van der Waals surface area contributed by atoms with E-state index in [0.29, 0.717) is 12.3 Å². The van der Waals surface area contributed by atoms with Crippen LogP contribution >= 0.6 is 11.6 Å². The van der Waals surface area contributed by atoms with Gasteiger partial charge in [-0.25, -0.2) is 0 Å². The maximum absolute atomic E-state index is 5.94. The normalized spacial score (nSPS) is 19.6. The van der Waals surface area contributed by atoms with Gasteiger partial charge in [0, 0.05) is 22.3 Å². The molecule has 0 spiro atoms. The number of halogens is 1. The summed E-state index contributed by atoms with van der Waals surface area (Å²) < 4.78 is 5.81. The second-order valence-electron chi connectivity index (χ2n) is 5.31. The van der Waals surface area contributed by atoms with Gasteiger partial charge in [-0.1, -0.05) is 11.6 Å². The maximum atomic E-state index is 5.94.